The molecule has 4 nitrogen and oxygen atoms in total. The molecule has 0 radical (unpaired) electrons. The van der Waals surface area contributed by atoms with Crippen molar-refractivity contribution in [2.45, 2.75) is 38.8 Å². The van der Waals surface area contributed by atoms with Crippen molar-refractivity contribution in [3.05, 3.63) is 29.3 Å². The van der Waals surface area contributed by atoms with Gasteiger partial charge in [-0.2, -0.15) is 0 Å². The van der Waals surface area contributed by atoms with Crippen LogP contribution in [-0.4, -0.2) is 24.3 Å². The zero-order valence-electron chi connectivity index (χ0n) is 11.2. The first-order chi connectivity index (χ1) is 8.60. The number of hydrogen-bond acceptors (Lipinski definition) is 4. The van der Waals surface area contributed by atoms with E-state index in [2.05, 4.69) is 0 Å². The van der Waals surface area contributed by atoms with Gasteiger partial charge in [0.2, 0.25) is 0 Å². The topological polar surface area (TPSA) is 81.5 Å². The van der Waals surface area contributed by atoms with Crippen LogP contribution in [-0.2, 0) is 0 Å². The van der Waals surface area contributed by atoms with Gasteiger partial charge in [0.25, 0.3) is 0 Å². The van der Waals surface area contributed by atoms with Crippen LogP contribution in [0.1, 0.15) is 37.0 Å². The van der Waals surface area contributed by atoms with Gasteiger partial charge in [0.1, 0.15) is 5.75 Å². The van der Waals surface area contributed by atoms with E-state index in [9.17, 15) is 5.11 Å². The van der Waals surface area contributed by atoms with Crippen molar-refractivity contribution >= 4 is 0 Å². The van der Waals surface area contributed by atoms with E-state index >= 15 is 0 Å². The lowest BCUT2D eigenvalue weighted by molar-refractivity contribution is 0.138. The monoisotopic (exact) mass is 252 g/mol. The molecule has 18 heavy (non-hydrogen) atoms. The quantitative estimate of drug-likeness (QED) is 0.687. The van der Waals surface area contributed by atoms with Gasteiger partial charge in [-0.1, -0.05) is 18.6 Å². The molecule has 0 aliphatic rings. The highest BCUT2D eigenvalue weighted by Crippen LogP contribution is 2.28. The maximum Gasteiger partial charge on any atom is 0.125 e. The molecule has 1 aromatic rings. The summed E-state index contributed by atoms with van der Waals surface area (Å²) in [7, 11) is 0. The van der Waals surface area contributed by atoms with E-state index in [0.29, 0.717) is 25.3 Å². The number of hydrogen-bond donors (Lipinski definition) is 3. The lowest BCUT2D eigenvalue weighted by Crippen LogP contribution is -2.31. The number of rotatable bonds is 7. The van der Waals surface area contributed by atoms with E-state index in [4.69, 9.17) is 16.2 Å². The van der Waals surface area contributed by atoms with Crippen molar-refractivity contribution < 1.29 is 9.84 Å². The molecule has 1 rings (SSSR count). The van der Waals surface area contributed by atoms with Crippen LogP contribution in [0.4, 0.5) is 0 Å². The Morgan fingerprint density at radius 1 is 1.39 bits per heavy atom. The van der Waals surface area contributed by atoms with Crippen molar-refractivity contribution in [1.82, 2.24) is 0 Å². The molecule has 0 bridgehead atoms. The van der Waals surface area contributed by atoms with Crippen molar-refractivity contribution in [1.29, 1.82) is 0 Å². The summed E-state index contributed by atoms with van der Waals surface area (Å²) >= 11 is 0. The highest BCUT2D eigenvalue weighted by molar-refractivity contribution is 5.39. The van der Waals surface area contributed by atoms with Gasteiger partial charge < -0.3 is 21.3 Å². The fourth-order valence-corrected chi connectivity index (χ4v) is 1.82. The average molecular weight is 252 g/mol. The number of nitrogens with two attached hydrogens (primary N) is 2. The number of aryl methyl sites for hydroxylation is 1. The third-order valence-corrected chi connectivity index (χ3v) is 2.85. The maximum atomic E-state index is 10.3. The lowest BCUT2D eigenvalue weighted by atomic mass is 9.98. The summed E-state index contributed by atoms with van der Waals surface area (Å²) in [6.45, 7) is 5.13. The molecular weight excluding hydrogens is 228 g/mol. The first-order valence-corrected chi connectivity index (χ1v) is 6.47. The predicted octanol–water partition coefficient (Wildman–Crippen LogP) is 1.49. The van der Waals surface area contributed by atoms with Gasteiger partial charge in [-0.15, -0.1) is 0 Å². The summed E-state index contributed by atoms with van der Waals surface area (Å²) in [4.78, 5) is 0. The van der Waals surface area contributed by atoms with Crippen molar-refractivity contribution in [2.75, 3.05) is 13.2 Å². The highest BCUT2D eigenvalue weighted by atomic mass is 16.5. The van der Waals surface area contributed by atoms with Crippen LogP contribution in [0.3, 0.4) is 0 Å². The zero-order chi connectivity index (χ0) is 13.5. The number of benzene rings is 1. The van der Waals surface area contributed by atoms with Crippen LogP contribution in [0, 0.1) is 6.92 Å². The molecule has 0 saturated carbocycles. The molecule has 2 atom stereocenters. The molecule has 0 heterocycles. The molecule has 0 aromatic heterocycles. The second-order valence-corrected chi connectivity index (χ2v) is 4.58. The smallest absolute Gasteiger partial charge is 0.125 e. The number of aliphatic hydroxyl groups is 1. The molecule has 0 amide bonds. The van der Waals surface area contributed by atoms with E-state index in [1.165, 1.54) is 0 Å². The van der Waals surface area contributed by atoms with Crippen LogP contribution < -0.4 is 16.2 Å². The minimum atomic E-state index is -0.736. The molecule has 1 aromatic carbocycles. The van der Waals surface area contributed by atoms with Crippen LogP contribution in [0.15, 0.2) is 18.2 Å². The molecule has 0 aliphatic carbocycles. The van der Waals surface area contributed by atoms with Gasteiger partial charge in [-0.05, 0) is 38.4 Å². The summed E-state index contributed by atoms with van der Waals surface area (Å²) in [6, 6.07) is 5.42. The van der Waals surface area contributed by atoms with Gasteiger partial charge in [0.05, 0.1) is 12.7 Å². The molecule has 0 fully saturated rings. The van der Waals surface area contributed by atoms with Gasteiger partial charge in [-0.3, -0.25) is 0 Å². The third kappa shape index (κ3) is 3.98. The fourth-order valence-electron chi connectivity index (χ4n) is 1.82. The van der Waals surface area contributed by atoms with Crippen LogP contribution in [0.2, 0.25) is 0 Å². The van der Waals surface area contributed by atoms with Crippen molar-refractivity contribution in [3.63, 3.8) is 0 Å². The van der Waals surface area contributed by atoms with E-state index in [-0.39, 0.29) is 6.04 Å². The molecule has 0 aliphatic heterocycles. The molecule has 4 heteroatoms. The fraction of sp³-hybridized carbons (Fsp3) is 0.571. The minimum Gasteiger partial charge on any atom is -0.493 e. The average Bonchev–Trinajstić information content (AvgIpc) is 2.36. The standard InChI is InChI=1S/C14H24N2O2/c1-3-8-18-13-5-4-10(2)9-11(13)14(17)12(16)6-7-15/h4-5,9,12,14,17H,3,6-8,15-16H2,1-2H3. The Morgan fingerprint density at radius 3 is 2.72 bits per heavy atom. The summed E-state index contributed by atoms with van der Waals surface area (Å²) in [6.07, 6.45) is 0.779. The SMILES string of the molecule is CCCOc1ccc(C)cc1C(O)C(N)CCN. The molecule has 0 saturated heterocycles. The van der Waals surface area contributed by atoms with Gasteiger partial charge in [0, 0.05) is 11.6 Å². The molecular formula is C14H24N2O2. The lowest BCUT2D eigenvalue weighted by Gasteiger charge is -2.21. The summed E-state index contributed by atoms with van der Waals surface area (Å²) in [5, 5.41) is 10.3. The predicted molar refractivity (Wildman–Crippen MR) is 73.6 cm³/mol. The summed E-state index contributed by atoms with van der Waals surface area (Å²) in [5.41, 5.74) is 13.2. The van der Waals surface area contributed by atoms with Crippen molar-refractivity contribution in [2.24, 2.45) is 11.5 Å². The first-order valence-electron chi connectivity index (χ1n) is 6.47. The number of aliphatic hydroxyl groups excluding tert-OH is 1. The third-order valence-electron chi connectivity index (χ3n) is 2.85. The largest absolute Gasteiger partial charge is 0.493 e. The second kappa shape index (κ2) is 7.36. The van der Waals surface area contributed by atoms with E-state index in [1.54, 1.807) is 0 Å². The minimum absolute atomic E-state index is 0.360. The molecule has 102 valence electrons. The van der Waals surface area contributed by atoms with E-state index in [0.717, 1.165) is 17.5 Å². The first kappa shape index (κ1) is 15.0. The van der Waals surface area contributed by atoms with Gasteiger partial charge >= 0.3 is 0 Å². The summed E-state index contributed by atoms with van der Waals surface area (Å²) < 4.78 is 5.64. The molecule has 0 spiro atoms. The Kier molecular flexibility index (Phi) is 6.12. The maximum absolute atomic E-state index is 10.3. The van der Waals surface area contributed by atoms with Crippen molar-refractivity contribution in [3.8, 4) is 5.75 Å². The highest BCUT2D eigenvalue weighted by Gasteiger charge is 2.20. The van der Waals surface area contributed by atoms with Crippen LogP contribution in [0.5, 0.6) is 5.75 Å². The van der Waals surface area contributed by atoms with Gasteiger partial charge in [-0.25, -0.2) is 0 Å². The normalized spacial score (nSPS) is 14.3. The Hall–Kier alpha value is -1.10. The van der Waals surface area contributed by atoms with E-state index < -0.39 is 6.10 Å². The zero-order valence-corrected chi connectivity index (χ0v) is 11.2. The Bertz CT molecular complexity index is 369. The van der Waals surface area contributed by atoms with Crippen LogP contribution in [0.25, 0.3) is 0 Å². The summed E-state index contributed by atoms with van der Waals surface area (Å²) in [5.74, 6) is 0.711. The second-order valence-electron chi connectivity index (χ2n) is 4.58. The van der Waals surface area contributed by atoms with E-state index in [1.807, 2.05) is 32.0 Å². The molecule has 2 unspecified atom stereocenters. The van der Waals surface area contributed by atoms with Gasteiger partial charge in [0.15, 0.2) is 0 Å². The number of ether oxygens (including phenoxy) is 1. The Morgan fingerprint density at radius 2 is 2.11 bits per heavy atom. The Labute approximate surface area is 109 Å². The Balaban J connectivity index is 2.92. The molecule has 5 N–H and O–H groups in total. The van der Waals surface area contributed by atoms with Crippen LogP contribution >= 0.6 is 0 Å².